The highest BCUT2D eigenvalue weighted by Gasteiger charge is 2.30. The summed E-state index contributed by atoms with van der Waals surface area (Å²) in [5.74, 6) is 1.15. The quantitative estimate of drug-likeness (QED) is 0.689. The topological polar surface area (TPSA) is 67.1 Å². The van der Waals surface area contributed by atoms with Crippen molar-refractivity contribution in [1.82, 2.24) is 9.78 Å². The summed E-state index contributed by atoms with van der Waals surface area (Å²) in [6.07, 6.45) is 0. The van der Waals surface area contributed by atoms with Crippen LogP contribution in [0.25, 0.3) is 5.69 Å². The second kappa shape index (κ2) is 6.70. The van der Waals surface area contributed by atoms with Gasteiger partial charge in [0.05, 0.1) is 22.4 Å². The van der Waals surface area contributed by atoms with Crippen molar-refractivity contribution in [2.45, 2.75) is 12.2 Å². The monoisotopic (exact) mass is 385 g/mol. The molecule has 2 N–H and O–H groups in total. The van der Waals surface area contributed by atoms with Gasteiger partial charge in [-0.25, -0.2) is 4.68 Å². The van der Waals surface area contributed by atoms with Gasteiger partial charge in [0.2, 0.25) is 5.91 Å². The molecule has 0 spiro atoms. The molecule has 5 nitrogen and oxygen atoms in total. The molecule has 0 saturated heterocycles. The minimum absolute atomic E-state index is 0.0579. The normalized spacial score (nSPS) is 16.7. The number of aromatic hydroxyl groups is 1. The molecular weight excluding hydrogens is 370 g/mol. The molecule has 1 aliphatic rings. The smallest absolute Gasteiger partial charge is 0.235 e. The third-order valence-corrected chi connectivity index (χ3v) is 5.76. The third kappa shape index (κ3) is 3.06. The second-order valence-corrected chi connectivity index (χ2v) is 7.60. The number of halogens is 1. The molecule has 0 bridgehead atoms. The van der Waals surface area contributed by atoms with E-state index >= 15 is 0 Å². The summed E-state index contributed by atoms with van der Waals surface area (Å²) in [6, 6.07) is 14.4. The highest BCUT2D eigenvalue weighted by Crippen LogP contribution is 2.44. The number of thioether (sulfide) groups is 1. The number of benzene rings is 2. The molecule has 3 aromatic rings. The van der Waals surface area contributed by atoms with Crippen LogP contribution >= 0.6 is 23.4 Å². The lowest BCUT2D eigenvalue weighted by atomic mass is 10.0. The fraction of sp³-hybridized carbons (Fsp3) is 0.158. The first kappa shape index (κ1) is 17.0. The number of rotatable bonds is 2. The standard InChI is InChI=1S/C19H16ClN3O2S/c1-11-17-18(12-5-7-15(24)8-6-12)26-10-16(25)21-19(17)23(22-11)14-4-2-3-13(20)9-14/h2-9,18,24H,10H2,1H3,(H,21,25)/t18-/m0/s1. The number of aromatic nitrogens is 2. The van der Waals surface area contributed by atoms with Crippen molar-refractivity contribution in [2.24, 2.45) is 0 Å². The van der Waals surface area contributed by atoms with E-state index in [2.05, 4.69) is 10.4 Å². The van der Waals surface area contributed by atoms with Gasteiger partial charge >= 0.3 is 0 Å². The van der Waals surface area contributed by atoms with Gasteiger partial charge < -0.3 is 10.4 Å². The Morgan fingerprint density at radius 1 is 1.27 bits per heavy atom. The number of anilines is 1. The maximum atomic E-state index is 12.3. The number of nitrogens with zero attached hydrogens (tertiary/aromatic N) is 2. The van der Waals surface area contributed by atoms with Gasteiger partial charge in [0.1, 0.15) is 11.6 Å². The van der Waals surface area contributed by atoms with Gasteiger partial charge in [-0.3, -0.25) is 4.79 Å². The SMILES string of the molecule is Cc1nn(-c2cccc(Cl)c2)c2c1[C@H](c1ccc(O)cc1)SCC(=O)N2. The Morgan fingerprint density at radius 2 is 2.04 bits per heavy atom. The van der Waals surface area contributed by atoms with E-state index in [1.807, 2.05) is 37.3 Å². The van der Waals surface area contributed by atoms with Gasteiger partial charge in [0, 0.05) is 10.6 Å². The third-order valence-electron chi connectivity index (χ3n) is 4.26. The molecule has 2 aromatic carbocycles. The predicted molar refractivity (Wildman–Crippen MR) is 104 cm³/mol. The average Bonchev–Trinajstić information content (AvgIpc) is 2.82. The Labute approximate surface area is 160 Å². The van der Waals surface area contributed by atoms with Crippen molar-refractivity contribution >= 4 is 35.1 Å². The minimum atomic E-state index is -0.0688. The van der Waals surface area contributed by atoms with Crippen LogP contribution in [0.1, 0.15) is 22.1 Å². The summed E-state index contributed by atoms with van der Waals surface area (Å²) < 4.78 is 1.73. The molecule has 132 valence electrons. The van der Waals surface area contributed by atoms with Crippen molar-refractivity contribution in [3.8, 4) is 11.4 Å². The van der Waals surface area contributed by atoms with Gasteiger partial charge in [-0.1, -0.05) is 29.8 Å². The Morgan fingerprint density at radius 3 is 2.77 bits per heavy atom. The Kier molecular flexibility index (Phi) is 4.38. The summed E-state index contributed by atoms with van der Waals surface area (Å²) in [4.78, 5) is 12.3. The van der Waals surface area contributed by atoms with Crippen LogP contribution in [-0.4, -0.2) is 26.5 Å². The van der Waals surface area contributed by atoms with Crippen LogP contribution < -0.4 is 5.32 Å². The van der Waals surface area contributed by atoms with Gasteiger partial charge in [-0.05, 0) is 42.8 Å². The van der Waals surface area contributed by atoms with E-state index in [9.17, 15) is 9.90 Å². The van der Waals surface area contributed by atoms with E-state index in [1.165, 1.54) is 0 Å². The van der Waals surface area contributed by atoms with Crippen molar-refractivity contribution in [2.75, 3.05) is 11.1 Å². The summed E-state index contributed by atoms with van der Waals surface area (Å²) in [5.41, 5.74) is 3.61. The molecule has 0 aliphatic carbocycles. The number of hydrogen-bond donors (Lipinski definition) is 2. The van der Waals surface area contributed by atoms with Crippen LogP contribution in [0.3, 0.4) is 0 Å². The molecule has 0 unspecified atom stereocenters. The first-order chi connectivity index (χ1) is 12.5. The number of carbonyl (C=O) groups excluding carboxylic acids is 1. The van der Waals surface area contributed by atoms with Crippen molar-refractivity contribution < 1.29 is 9.90 Å². The molecule has 0 fully saturated rings. The highest BCUT2D eigenvalue weighted by atomic mass is 35.5. The number of amides is 1. The molecule has 0 saturated carbocycles. The van der Waals surface area contributed by atoms with Crippen LogP contribution in [0.2, 0.25) is 5.02 Å². The summed E-state index contributed by atoms with van der Waals surface area (Å²) in [7, 11) is 0. The number of nitrogens with one attached hydrogen (secondary N) is 1. The maximum Gasteiger partial charge on any atom is 0.235 e. The molecule has 2 heterocycles. The Bertz CT molecular complexity index is 985. The van der Waals surface area contributed by atoms with E-state index in [4.69, 9.17) is 11.6 Å². The molecule has 1 atom stereocenters. The minimum Gasteiger partial charge on any atom is -0.508 e. The lowest BCUT2D eigenvalue weighted by Crippen LogP contribution is -2.15. The zero-order valence-corrected chi connectivity index (χ0v) is 15.5. The van der Waals surface area contributed by atoms with E-state index < -0.39 is 0 Å². The van der Waals surface area contributed by atoms with E-state index in [0.29, 0.717) is 16.6 Å². The highest BCUT2D eigenvalue weighted by molar-refractivity contribution is 8.00. The molecular formula is C19H16ClN3O2S. The Hall–Kier alpha value is -2.44. The van der Waals surface area contributed by atoms with Crippen LogP contribution in [0.4, 0.5) is 5.82 Å². The zero-order valence-electron chi connectivity index (χ0n) is 13.9. The molecule has 26 heavy (non-hydrogen) atoms. The molecule has 0 radical (unpaired) electrons. The molecule has 1 aliphatic heterocycles. The van der Waals surface area contributed by atoms with Crippen LogP contribution in [-0.2, 0) is 4.79 Å². The number of phenolic OH excluding ortho intramolecular Hbond substituents is 1. The molecule has 7 heteroatoms. The van der Waals surface area contributed by atoms with Crippen LogP contribution in [0.5, 0.6) is 5.75 Å². The van der Waals surface area contributed by atoms with Crippen molar-refractivity contribution in [1.29, 1.82) is 0 Å². The number of hydrogen-bond acceptors (Lipinski definition) is 4. The van der Waals surface area contributed by atoms with E-state index in [0.717, 1.165) is 22.5 Å². The summed E-state index contributed by atoms with van der Waals surface area (Å²) in [5, 5.41) is 17.8. The molecule has 4 rings (SSSR count). The lowest BCUT2D eigenvalue weighted by Gasteiger charge is -2.15. The van der Waals surface area contributed by atoms with Gasteiger partial charge in [0.15, 0.2) is 0 Å². The summed E-state index contributed by atoms with van der Waals surface area (Å²) >= 11 is 7.68. The number of carbonyl (C=O) groups is 1. The fourth-order valence-corrected chi connectivity index (χ4v) is 4.46. The fourth-order valence-electron chi connectivity index (χ4n) is 3.09. The molecule has 1 aromatic heterocycles. The van der Waals surface area contributed by atoms with Gasteiger partial charge in [0.25, 0.3) is 0 Å². The first-order valence-corrected chi connectivity index (χ1v) is 9.51. The zero-order chi connectivity index (χ0) is 18.3. The van der Waals surface area contributed by atoms with Gasteiger partial charge in [-0.2, -0.15) is 5.10 Å². The number of phenols is 1. The average molecular weight is 386 g/mol. The van der Waals surface area contributed by atoms with Gasteiger partial charge in [-0.15, -0.1) is 11.8 Å². The first-order valence-electron chi connectivity index (χ1n) is 8.09. The largest absolute Gasteiger partial charge is 0.508 e. The van der Waals surface area contributed by atoms with Crippen molar-refractivity contribution in [3.05, 3.63) is 70.4 Å². The number of aryl methyl sites for hydroxylation is 1. The predicted octanol–water partition coefficient (Wildman–Crippen LogP) is 4.31. The van der Waals surface area contributed by atoms with Crippen molar-refractivity contribution in [3.63, 3.8) is 0 Å². The maximum absolute atomic E-state index is 12.3. The Balaban J connectivity index is 1.89. The van der Waals surface area contributed by atoms with E-state index in [1.54, 1.807) is 34.6 Å². The van der Waals surface area contributed by atoms with E-state index in [-0.39, 0.29) is 16.9 Å². The summed E-state index contributed by atoms with van der Waals surface area (Å²) in [6.45, 7) is 1.94. The molecule has 1 amide bonds. The number of fused-ring (bicyclic) bond motifs is 1. The second-order valence-electron chi connectivity index (χ2n) is 6.07. The van der Waals surface area contributed by atoms with Crippen LogP contribution in [0.15, 0.2) is 48.5 Å². The lowest BCUT2D eigenvalue weighted by molar-refractivity contribution is -0.113. The van der Waals surface area contributed by atoms with Crippen LogP contribution in [0, 0.1) is 6.92 Å².